The Morgan fingerprint density at radius 2 is 1.22 bits per heavy atom. The molecule has 3 aromatic rings. The number of hydrogen-bond acceptors (Lipinski definition) is 3. The van der Waals surface area contributed by atoms with Crippen molar-refractivity contribution in [2.45, 2.75) is 20.8 Å². The number of allylic oxidation sites excluding steroid dienone is 2. The number of ether oxygens (including phenoxy) is 2. The first kappa shape index (κ1) is 22.8. The minimum atomic E-state index is -0.424. The molecule has 0 saturated heterocycles. The summed E-state index contributed by atoms with van der Waals surface area (Å²) < 4.78 is 10.6. The van der Waals surface area contributed by atoms with Crippen molar-refractivity contribution in [1.29, 1.82) is 0 Å². The molecule has 0 atom stereocenters. The lowest BCUT2D eigenvalue weighted by Crippen LogP contribution is -2.07. The molecule has 0 saturated carbocycles. The summed E-state index contributed by atoms with van der Waals surface area (Å²) in [6.45, 7) is 9.28. The van der Waals surface area contributed by atoms with Crippen LogP contribution in [-0.2, 0) is 4.79 Å². The van der Waals surface area contributed by atoms with Crippen LogP contribution in [0.2, 0.25) is 0 Å². The quantitative estimate of drug-likeness (QED) is 0.223. The minimum Gasteiger partial charge on any atom is -0.497 e. The third kappa shape index (κ3) is 5.25. The van der Waals surface area contributed by atoms with Gasteiger partial charge in [0.1, 0.15) is 11.5 Å². The Kier molecular flexibility index (Phi) is 7.45. The first-order valence-corrected chi connectivity index (χ1v) is 10.5. The van der Waals surface area contributed by atoms with Crippen LogP contribution in [0.3, 0.4) is 0 Å². The highest BCUT2D eigenvalue weighted by atomic mass is 16.5. The first-order chi connectivity index (χ1) is 15.5. The number of carbonyl (C=O) groups is 1. The summed E-state index contributed by atoms with van der Waals surface area (Å²) in [4.78, 5) is 11.8. The van der Waals surface area contributed by atoms with E-state index in [0.29, 0.717) is 11.3 Å². The van der Waals surface area contributed by atoms with Crippen molar-refractivity contribution < 1.29 is 14.3 Å². The molecule has 3 aromatic carbocycles. The number of rotatable bonds is 7. The van der Waals surface area contributed by atoms with E-state index in [1.807, 2.05) is 62.4 Å². The minimum absolute atomic E-state index is 0.370. The van der Waals surface area contributed by atoms with Gasteiger partial charge in [-0.3, -0.25) is 0 Å². The van der Waals surface area contributed by atoms with Crippen molar-refractivity contribution in [1.82, 2.24) is 0 Å². The lowest BCUT2D eigenvalue weighted by Gasteiger charge is -2.15. The number of esters is 1. The number of hydrogen-bond donors (Lipinski definition) is 0. The summed E-state index contributed by atoms with van der Waals surface area (Å²) in [7, 11) is 1.67. The predicted octanol–water partition coefficient (Wildman–Crippen LogP) is 7.58. The second kappa shape index (κ2) is 10.5. The number of benzene rings is 3. The molecule has 0 amide bonds. The first-order valence-electron chi connectivity index (χ1n) is 10.5. The second-order valence-electron chi connectivity index (χ2n) is 7.45. The van der Waals surface area contributed by atoms with Crippen LogP contribution in [0.15, 0.2) is 85.0 Å². The van der Waals surface area contributed by atoms with E-state index in [9.17, 15) is 4.79 Å². The molecule has 0 aliphatic heterocycles. The maximum Gasteiger partial charge on any atom is 0.338 e. The fourth-order valence-electron chi connectivity index (χ4n) is 3.44. The molecule has 3 rings (SSSR count). The van der Waals surface area contributed by atoms with Gasteiger partial charge in [-0.2, -0.15) is 0 Å². The zero-order valence-electron chi connectivity index (χ0n) is 19.0. The maximum atomic E-state index is 11.8. The van der Waals surface area contributed by atoms with E-state index in [1.165, 1.54) is 0 Å². The second-order valence-corrected chi connectivity index (χ2v) is 7.45. The summed E-state index contributed by atoms with van der Waals surface area (Å²) in [5.74, 6) is 0.906. The fourth-order valence-corrected chi connectivity index (χ4v) is 3.44. The summed E-state index contributed by atoms with van der Waals surface area (Å²) in [6, 6.07) is 20.1. The average molecular weight is 425 g/mol. The molecule has 0 aromatic heterocycles. The molecule has 0 aliphatic carbocycles. The lowest BCUT2D eigenvalue weighted by atomic mass is 9.90. The lowest BCUT2D eigenvalue weighted by molar-refractivity contribution is -0.130. The van der Waals surface area contributed by atoms with Crippen molar-refractivity contribution in [2.24, 2.45) is 0 Å². The normalized spacial score (nSPS) is 11.1. The molecule has 0 aliphatic rings. The fraction of sp³-hybridized carbons (Fsp3) is 0.138. The van der Waals surface area contributed by atoms with Crippen molar-refractivity contribution in [2.75, 3.05) is 7.11 Å². The average Bonchev–Trinajstić information content (AvgIpc) is 2.80. The SMILES string of the molecule is C=C(C)C(=O)Oc1ccc(-c2cc(/C=C/C)c(-c3ccc(OC)cc3)cc2/C=C/C)cc1. The molecular weight excluding hydrogens is 396 g/mol. The Morgan fingerprint density at radius 1 is 0.781 bits per heavy atom. The Bertz CT molecular complexity index is 1160. The van der Waals surface area contributed by atoms with Crippen LogP contribution in [0.25, 0.3) is 34.4 Å². The van der Waals surface area contributed by atoms with Crippen LogP contribution in [0.5, 0.6) is 11.5 Å². The Hall–Kier alpha value is -3.85. The van der Waals surface area contributed by atoms with Crippen LogP contribution < -0.4 is 9.47 Å². The van der Waals surface area contributed by atoms with E-state index in [-0.39, 0.29) is 0 Å². The van der Waals surface area contributed by atoms with Gasteiger partial charge in [0.25, 0.3) is 0 Å². The molecule has 3 heteroatoms. The summed E-state index contributed by atoms with van der Waals surface area (Å²) in [6.07, 6.45) is 8.30. The third-order valence-electron chi connectivity index (χ3n) is 5.04. The Balaban J connectivity index is 2.08. The van der Waals surface area contributed by atoms with Gasteiger partial charge < -0.3 is 9.47 Å². The third-order valence-corrected chi connectivity index (χ3v) is 5.04. The largest absolute Gasteiger partial charge is 0.497 e. The van der Waals surface area contributed by atoms with E-state index in [2.05, 4.69) is 43.0 Å². The van der Waals surface area contributed by atoms with Crippen LogP contribution in [0.1, 0.15) is 31.9 Å². The highest BCUT2D eigenvalue weighted by molar-refractivity contribution is 5.89. The molecule has 32 heavy (non-hydrogen) atoms. The van der Waals surface area contributed by atoms with Crippen molar-refractivity contribution in [3.8, 4) is 33.8 Å². The Labute approximate surface area is 190 Å². The van der Waals surface area contributed by atoms with Crippen LogP contribution in [-0.4, -0.2) is 13.1 Å². The number of carbonyl (C=O) groups excluding carboxylic acids is 1. The topological polar surface area (TPSA) is 35.5 Å². The van der Waals surface area contributed by atoms with Gasteiger partial charge in [-0.1, -0.05) is 55.1 Å². The van der Waals surface area contributed by atoms with Gasteiger partial charge in [0.05, 0.1) is 7.11 Å². The molecule has 0 N–H and O–H groups in total. The van der Waals surface area contributed by atoms with Gasteiger partial charge in [0.2, 0.25) is 0 Å². The summed E-state index contributed by atoms with van der Waals surface area (Å²) in [5.41, 5.74) is 7.02. The Morgan fingerprint density at radius 3 is 1.59 bits per heavy atom. The van der Waals surface area contributed by atoms with Crippen LogP contribution in [0, 0.1) is 0 Å². The van der Waals surface area contributed by atoms with Gasteiger partial charge in [0.15, 0.2) is 0 Å². The van der Waals surface area contributed by atoms with Gasteiger partial charge in [-0.25, -0.2) is 4.79 Å². The summed E-state index contributed by atoms with van der Waals surface area (Å²) >= 11 is 0. The zero-order chi connectivity index (χ0) is 23.1. The molecule has 162 valence electrons. The van der Waals surface area contributed by atoms with Gasteiger partial charge in [-0.05, 0) is 90.6 Å². The van der Waals surface area contributed by atoms with Gasteiger partial charge in [0, 0.05) is 5.57 Å². The number of methoxy groups -OCH3 is 1. The van der Waals surface area contributed by atoms with Crippen molar-refractivity contribution >= 4 is 18.1 Å². The van der Waals surface area contributed by atoms with E-state index in [1.54, 1.807) is 14.0 Å². The van der Waals surface area contributed by atoms with E-state index >= 15 is 0 Å². The molecule has 0 fully saturated rings. The molecule has 0 unspecified atom stereocenters. The molecule has 0 bridgehead atoms. The van der Waals surface area contributed by atoms with E-state index in [0.717, 1.165) is 39.1 Å². The van der Waals surface area contributed by atoms with Crippen LogP contribution >= 0.6 is 0 Å². The highest BCUT2D eigenvalue weighted by Crippen LogP contribution is 2.35. The highest BCUT2D eigenvalue weighted by Gasteiger charge is 2.12. The maximum absolute atomic E-state index is 11.8. The van der Waals surface area contributed by atoms with E-state index in [4.69, 9.17) is 9.47 Å². The molecule has 0 heterocycles. The molecule has 0 radical (unpaired) electrons. The zero-order valence-corrected chi connectivity index (χ0v) is 19.0. The van der Waals surface area contributed by atoms with Crippen molar-refractivity contribution in [3.05, 3.63) is 96.1 Å². The standard InChI is InChI=1S/C29H28O3/c1-6-8-23-19-28(22-12-16-26(17-13-22)32-29(30)20(3)4)24(9-7-2)18-27(23)21-10-14-25(31-5)15-11-21/h6-19H,3H2,1-2,4-5H3/b8-6+,9-7+. The smallest absolute Gasteiger partial charge is 0.338 e. The van der Waals surface area contributed by atoms with Gasteiger partial charge >= 0.3 is 5.97 Å². The molecule has 3 nitrogen and oxygen atoms in total. The summed E-state index contributed by atoms with van der Waals surface area (Å²) in [5, 5.41) is 0. The van der Waals surface area contributed by atoms with E-state index < -0.39 is 5.97 Å². The van der Waals surface area contributed by atoms with Crippen molar-refractivity contribution in [3.63, 3.8) is 0 Å². The predicted molar refractivity (Wildman–Crippen MR) is 134 cm³/mol. The molecular formula is C29H28O3. The molecule has 0 spiro atoms. The monoisotopic (exact) mass is 424 g/mol. The van der Waals surface area contributed by atoms with Crippen LogP contribution in [0.4, 0.5) is 0 Å². The van der Waals surface area contributed by atoms with Gasteiger partial charge in [-0.15, -0.1) is 0 Å².